The SMILES string of the molecule is O=C(N[C@@H](Cc1ccccc1)[C@@H](O)C(=O)N1CCCC1)c1cc2cc(Cl)ncc2[nH]1. The average Bonchev–Trinajstić information content (AvgIpc) is 3.42. The molecule has 0 spiro atoms. The maximum Gasteiger partial charge on any atom is 0.268 e. The average molecular weight is 427 g/mol. The number of pyridine rings is 1. The minimum atomic E-state index is -1.33. The van der Waals surface area contributed by atoms with Gasteiger partial charge in [-0.1, -0.05) is 41.9 Å². The Morgan fingerprint density at radius 1 is 1.20 bits per heavy atom. The van der Waals surface area contributed by atoms with Gasteiger partial charge in [-0.25, -0.2) is 4.98 Å². The summed E-state index contributed by atoms with van der Waals surface area (Å²) in [5.74, 6) is -0.752. The Labute approximate surface area is 179 Å². The van der Waals surface area contributed by atoms with E-state index in [1.54, 1.807) is 23.2 Å². The van der Waals surface area contributed by atoms with E-state index in [9.17, 15) is 14.7 Å². The molecule has 2 aromatic heterocycles. The zero-order valence-corrected chi connectivity index (χ0v) is 17.1. The van der Waals surface area contributed by atoms with Crippen molar-refractivity contribution < 1.29 is 14.7 Å². The van der Waals surface area contributed by atoms with Crippen LogP contribution in [0.3, 0.4) is 0 Å². The summed E-state index contributed by atoms with van der Waals surface area (Å²) in [6.45, 7) is 1.27. The van der Waals surface area contributed by atoms with Gasteiger partial charge in [0.25, 0.3) is 11.8 Å². The molecule has 156 valence electrons. The van der Waals surface area contributed by atoms with E-state index in [2.05, 4.69) is 15.3 Å². The standard InChI is InChI=1S/C22H23ClN4O3/c23-19-12-15-11-17(25-18(15)13-24-19)21(29)26-16(10-14-6-2-1-3-7-14)20(28)22(30)27-8-4-5-9-27/h1-3,6-7,11-13,16,20,25,28H,4-5,8-10H2,(H,26,29)/t16-,20+/m0/s1. The fourth-order valence-electron chi connectivity index (χ4n) is 3.78. The van der Waals surface area contributed by atoms with Crippen LogP contribution in [0.1, 0.15) is 28.9 Å². The van der Waals surface area contributed by atoms with E-state index >= 15 is 0 Å². The molecule has 30 heavy (non-hydrogen) atoms. The molecule has 8 heteroatoms. The molecule has 1 fully saturated rings. The summed E-state index contributed by atoms with van der Waals surface area (Å²) in [4.78, 5) is 34.4. The summed E-state index contributed by atoms with van der Waals surface area (Å²) in [5.41, 5.74) is 1.91. The van der Waals surface area contributed by atoms with Crippen molar-refractivity contribution in [1.82, 2.24) is 20.2 Å². The Hall–Kier alpha value is -2.90. The van der Waals surface area contributed by atoms with Crippen LogP contribution >= 0.6 is 11.6 Å². The number of aromatic nitrogens is 2. The minimum Gasteiger partial charge on any atom is -0.381 e. The number of carbonyl (C=O) groups is 2. The van der Waals surface area contributed by atoms with Crippen LogP contribution in [0.4, 0.5) is 0 Å². The minimum absolute atomic E-state index is 0.313. The molecule has 0 saturated carbocycles. The van der Waals surface area contributed by atoms with Gasteiger partial charge >= 0.3 is 0 Å². The predicted molar refractivity (Wildman–Crippen MR) is 114 cm³/mol. The zero-order chi connectivity index (χ0) is 21.1. The molecule has 3 N–H and O–H groups in total. The number of hydrogen-bond donors (Lipinski definition) is 3. The summed E-state index contributed by atoms with van der Waals surface area (Å²) in [5, 5.41) is 14.8. The molecule has 0 aliphatic carbocycles. The first-order chi connectivity index (χ1) is 14.5. The number of fused-ring (bicyclic) bond motifs is 1. The molecule has 0 unspecified atom stereocenters. The van der Waals surface area contributed by atoms with E-state index in [1.165, 1.54) is 0 Å². The van der Waals surface area contributed by atoms with Crippen LogP contribution in [0.15, 0.2) is 48.7 Å². The number of halogens is 1. The van der Waals surface area contributed by atoms with Gasteiger partial charge in [0.2, 0.25) is 0 Å². The lowest BCUT2D eigenvalue weighted by molar-refractivity contribution is -0.140. The van der Waals surface area contributed by atoms with Gasteiger partial charge in [0.1, 0.15) is 10.8 Å². The Kier molecular flexibility index (Phi) is 6.01. The van der Waals surface area contributed by atoms with Crippen molar-refractivity contribution >= 4 is 34.3 Å². The number of carbonyl (C=O) groups excluding carboxylic acids is 2. The monoisotopic (exact) mass is 426 g/mol. The molecule has 3 aromatic rings. The number of aromatic amines is 1. The summed E-state index contributed by atoms with van der Waals surface area (Å²) in [7, 11) is 0. The molecule has 4 rings (SSSR count). The van der Waals surface area contributed by atoms with E-state index in [1.807, 2.05) is 30.3 Å². The summed E-state index contributed by atoms with van der Waals surface area (Å²) >= 11 is 5.92. The lowest BCUT2D eigenvalue weighted by atomic mass is 10.00. The van der Waals surface area contributed by atoms with Crippen molar-refractivity contribution in [3.05, 3.63) is 65.1 Å². The molecule has 1 aliphatic rings. The highest BCUT2D eigenvalue weighted by atomic mass is 35.5. The molecule has 0 radical (unpaired) electrons. The largest absolute Gasteiger partial charge is 0.381 e. The number of amides is 2. The van der Waals surface area contributed by atoms with Gasteiger partial charge in [-0.05, 0) is 37.0 Å². The molecular weight excluding hydrogens is 404 g/mol. The van der Waals surface area contributed by atoms with E-state index in [0.29, 0.717) is 35.9 Å². The number of hydrogen-bond acceptors (Lipinski definition) is 4. The van der Waals surface area contributed by atoms with Crippen LogP contribution in [-0.2, 0) is 11.2 Å². The second-order valence-electron chi connectivity index (χ2n) is 7.52. The van der Waals surface area contributed by atoms with Crippen LogP contribution < -0.4 is 5.32 Å². The highest BCUT2D eigenvalue weighted by Gasteiger charge is 2.32. The van der Waals surface area contributed by atoms with Gasteiger partial charge in [-0.15, -0.1) is 0 Å². The molecule has 7 nitrogen and oxygen atoms in total. The fraction of sp³-hybridized carbons (Fsp3) is 0.318. The summed E-state index contributed by atoms with van der Waals surface area (Å²) < 4.78 is 0. The van der Waals surface area contributed by atoms with Crippen LogP contribution in [0, 0.1) is 0 Å². The second-order valence-corrected chi connectivity index (χ2v) is 7.91. The maximum atomic E-state index is 12.9. The zero-order valence-electron chi connectivity index (χ0n) is 16.3. The molecule has 3 heterocycles. The number of likely N-dealkylation sites (tertiary alicyclic amines) is 1. The Morgan fingerprint density at radius 3 is 2.67 bits per heavy atom. The third kappa shape index (κ3) is 4.47. The number of nitrogens with zero attached hydrogens (tertiary/aromatic N) is 2. The van der Waals surface area contributed by atoms with Crippen molar-refractivity contribution in [2.45, 2.75) is 31.4 Å². The highest BCUT2D eigenvalue weighted by Crippen LogP contribution is 2.19. The number of aliphatic hydroxyl groups is 1. The number of benzene rings is 1. The van der Waals surface area contributed by atoms with Crippen molar-refractivity contribution in [2.24, 2.45) is 0 Å². The molecule has 1 aromatic carbocycles. The van der Waals surface area contributed by atoms with Crippen molar-refractivity contribution in [1.29, 1.82) is 0 Å². The van der Waals surface area contributed by atoms with Crippen molar-refractivity contribution in [2.75, 3.05) is 13.1 Å². The van der Waals surface area contributed by atoms with Crippen molar-refractivity contribution in [3.63, 3.8) is 0 Å². The van der Waals surface area contributed by atoms with Gasteiger partial charge in [-0.2, -0.15) is 0 Å². The van der Waals surface area contributed by atoms with Gasteiger partial charge in [0.05, 0.1) is 17.8 Å². The number of rotatable bonds is 6. The summed E-state index contributed by atoms with van der Waals surface area (Å²) in [6.07, 6.45) is 2.43. The molecule has 1 saturated heterocycles. The predicted octanol–water partition coefficient (Wildman–Crippen LogP) is 2.54. The van der Waals surface area contributed by atoms with E-state index in [-0.39, 0.29) is 5.91 Å². The number of aliphatic hydroxyl groups excluding tert-OH is 1. The van der Waals surface area contributed by atoms with Gasteiger partial charge in [0.15, 0.2) is 6.10 Å². The van der Waals surface area contributed by atoms with E-state index in [4.69, 9.17) is 11.6 Å². The van der Waals surface area contributed by atoms with Crippen molar-refractivity contribution in [3.8, 4) is 0 Å². The third-order valence-corrected chi connectivity index (χ3v) is 5.59. The van der Waals surface area contributed by atoms with Crippen LogP contribution in [0.25, 0.3) is 10.9 Å². The molecule has 2 atom stereocenters. The molecule has 2 amide bonds. The summed E-state index contributed by atoms with van der Waals surface area (Å²) in [6, 6.07) is 12.1. The Morgan fingerprint density at radius 2 is 1.93 bits per heavy atom. The van der Waals surface area contributed by atoms with Crippen LogP contribution in [0.2, 0.25) is 5.15 Å². The Bertz CT molecular complexity index is 1050. The molecular formula is C22H23ClN4O3. The molecule has 1 aliphatic heterocycles. The van der Waals surface area contributed by atoms with Gasteiger partial charge < -0.3 is 20.3 Å². The smallest absolute Gasteiger partial charge is 0.268 e. The Balaban J connectivity index is 1.55. The fourth-order valence-corrected chi connectivity index (χ4v) is 3.95. The first-order valence-electron chi connectivity index (χ1n) is 9.97. The van der Waals surface area contributed by atoms with E-state index in [0.717, 1.165) is 23.8 Å². The molecule has 0 bridgehead atoms. The lowest BCUT2D eigenvalue weighted by Crippen LogP contribution is -2.52. The first kappa shape index (κ1) is 20.4. The van der Waals surface area contributed by atoms with Gasteiger partial charge in [-0.3, -0.25) is 9.59 Å². The van der Waals surface area contributed by atoms with Gasteiger partial charge in [0, 0.05) is 18.5 Å². The normalized spacial score (nSPS) is 15.9. The third-order valence-electron chi connectivity index (χ3n) is 5.38. The number of nitrogens with one attached hydrogen (secondary N) is 2. The second kappa shape index (κ2) is 8.85. The quantitative estimate of drug-likeness (QED) is 0.527. The number of H-pyrrole nitrogens is 1. The van der Waals surface area contributed by atoms with E-state index < -0.39 is 18.1 Å². The highest BCUT2D eigenvalue weighted by molar-refractivity contribution is 6.30. The lowest BCUT2D eigenvalue weighted by Gasteiger charge is -2.27. The topological polar surface area (TPSA) is 98.3 Å². The van der Waals surface area contributed by atoms with Crippen LogP contribution in [0.5, 0.6) is 0 Å². The van der Waals surface area contributed by atoms with Crippen LogP contribution in [-0.4, -0.2) is 57.0 Å². The first-order valence-corrected chi connectivity index (χ1v) is 10.3. The maximum absolute atomic E-state index is 12.9.